The number of hydrogen-bond acceptors (Lipinski definition) is 2. The molecule has 0 unspecified atom stereocenters. The van der Waals surface area contributed by atoms with Crippen molar-refractivity contribution >= 4 is 17.6 Å². The Morgan fingerprint density at radius 1 is 1.19 bits per heavy atom. The van der Waals surface area contributed by atoms with Gasteiger partial charge in [0.2, 0.25) is 5.91 Å². The number of benzene rings is 2. The smallest absolute Gasteiger partial charge is 0.315 e. The van der Waals surface area contributed by atoms with Gasteiger partial charge in [-0.2, -0.15) is 0 Å². The average molecular weight is 369 g/mol. The minimum Gasteiger partial charge on any atom is -0.336 e. The van der Waals surface area contributed by atoms with Crippen molar-refractivity contribution in [2.75, 3.05) is 11.4 Å². The molecule has 1 aliphatic heterocycles. The lowest BCUT2D eigenvalue weighted by molar-refractivity contribution is -0.117. The summed E-state index contributed by atoms with van der Waals surface area (Å²) in [6.07, 6.45) is 1.97. The third kappa shape index (κ3) is 5.29. The Bertz CT molecular complexity index is 780. The average Bonchev–Trinajstić information content (AvgIpc) is 3.01. The molecule has 1 heterocycles. The highest BCUT2D eigenvalue weighted by atomic mass is 19.1. The van der Waals surface area contributed by atoms with E-state index < -0.39 is 0 Å². The molecule has 6 heteroatoms. The molecule has 2 aromatic rings. The molecular formula is C21H24FN3O2. The van der Waals surface area contributed by atoms with Crippen LogP contribution in [0.3, 0.4) is 0 Å². The summed E-state index contributed by atoms with van der Waals surface area (Å²) in [4.78, 5) is 26.0. The van der Waals surface area contributed by atoms with Crippen molar-refractivity contribution in [2.45, 2.75) is 38.3 Å². The predicted octanol–water partition coefficient (Wildman–Crippen LogP) is 3.25. The number of carbonyl (C=O) groups excluding carboxylic acids is 2. The highest BCUT2D eigenvalue weighted by Gasteiger charge is 2.31. The van der Waals surface area contributed by atoms with Crippen molar-refractivity contribution in [2.24, 2.45) is 0 Å². The van der Waals surface area contributed by atoms with Crippen LogP contribution in [0.1, 0.15) is 25.3 Å². The summed E-state index contributed by atoms with van der Waals surface area (Å²) in [7, 11) is 0. The normalized spacial score (nSPS) is 17.6. The van der Waals surface area contributed by atoms with Crippen LogP contribution in [0.5, 0.6) is 0 Å². The van der Waals surface area contributed by atoms with Crippen molar-refractivity contribution in [1.82, 2.24) is 10.6 Å². The summed E-state index contributed by atoms with van der Waals surface area (Å²) in [6.45, 7) is 2.35. The third-order valence-corrected chi connectivity index (χ3v) is 4.68. The van der Waals surface area contributed by atoms with E-state index in [4.69, 9.17) is 0 Å². The third-order valence-electron chi connectivity index (χ3n) is 4.68. The Hall–Kier alpha value is -2.89. The molecule has 2 aromatic carbocycles. The summed E-state index contributed by atoms with van der Waals surface area (Å²) in [5.41, 5.74) is 1.88. The van der Waals surface area contributed by atoms with Gasteiger partial charge in [0.05, 0.1) is 6.04 Å². The Labute approximate surface area is 158 Å². The fourth-order valence-corrected chi connectivity index (χ4v) is 3.23. The van der Waals surface area contributed by atoms with Crippen LogP contribution < -0.4 is 15.5 Å². The molecule has 3 amide bonds. The van der Waals surface area contributed by atoms with Gasteiger partial charge in [-0.3, -0.25) is 4.79 Å². The van der Waals surface area contributed by atoms with E-state index in [0.29, 0.717) is 12.2 Å². The zero-order valence-corrected chi connectivity index (χ0v) is 15.3. The lowest BCUT2D eigenvalue weighted by Crippen LogP contribution is -2.46. The van der Waals surface area contributed by atoms with Gasteiger partial charge in [0.1, 0.15) is 5.82 Å². The first-order chi connectivity index (χ1) is 13.0. The van der Waals surface area contributed by atoms with Gasteiger partial charge in [0.25, 0.3) is 0 Å². The Morgan fingerprint density at radius 2 is 1.89 bits per heavy atom. The predicted molar refractivity (Wildman–Crippen MR) is 103 cm³/mol. The molecule has 1 aliphatic rings. The van der Waals surface area contributed by atoms with Crippen LogP contribution >= 0.6 is 0 Å². The molecule has 3 rings (SSSR count). The molecule has 0 radical (unpaired) electrons. The molecule has 0 spiro atoms. The van der Waals surface area contributed by atoms with Gasteiger partial charge >= 0.3 is 6.03 Å². The monoisotopic (exact) mass is 369 g/mol. The van der Waals surface area contributed by atoms with Crippen LogP contribution in [0.15, 0.2) is 54.6 Å². The van der Waals surface area contributed by atoms with Gasteiger partial charge in [-0.15, -0.1) is 0 Å². The van der Waals surface area contributed by atoms with Crippen LogP contribution in [0.4, 0.5) is 14.9 Å². The molecule has 0 saturated carbocycles. The minimum atomic E-state index is -0.344. The Morgan fingerprint density at radius 3 is 2.59 bits per heavy atom. The van der Waals surface area contributed by atoms with Crippen LogP contribution in [0, 0.1) is 5.82 Å². The van der Waals surface area contributed by atoms with Crippen molar-refractivity contribution in [1.29, 1.82) is 0 Å². The van der Waals surface area contributed by atoms with Crippen LogP contribution in [0.25, 0.3) is 0 Å². The van der Waals surface area contributed by atoms with Crippen LogP contribution in [-0.2, 0) is 11.2 Å². The molecule has 1 fully saturated rings. The molecule has 0 aromatic heterocycles. The molecule has 1 saturated heterocycles. The van der Waals surface area contributed by atoms with Crippen LogP contribution in [0.2, 0.25) is 0 Å². The van der Waals surface area contributed by atoms with Crippen molar-refractivity contribution < 1.29 is 14.0 Å². The fourth-order valence-electron chi connectivity index (χ4n) is 3.23. The molecule has 2 N–H and O–H groups in total. The molecule has 2 atom stereocenters. The Balaban J connectivity index is 1.45. The first kappa shape index (κ1) is 18.9. The second-order valence-corrected chi connectivity index (χ2v) is 6.92. The van der Waals surface area contributed by atoms with E-state index in [1.54, 1.807) is 17.0 Å². The number of carbonyl (C=O) groups is 2. The quantitative estimate of drug-likeness (QED) is 0.821. The maximum absolute atomic E-state index is 13.0. The summed E-state index contributed by atoms with van der Waals surface area (Å²) >= 11 is 0. The largest absolute Gasteiger partial charge is 0.336 e. The summed E-state index contributed by atoms with van der Waals surface area (Å²) in [5, 5.41) is 5.79. The lowest BCUT2D eigenvalue weighted by atomic mass is 10.1. The van der Waals surface area contributed by atoms with Gasteiger partial charge in [-0.25, -0.2) is 9.18 Å². The van der Waals surface area contributed by atoms with Crippen molar-refractivity contribution in [3.63, 3.8) is 0 Å². The zero-order chi connectivity index (χ0) is 19.2. The highest BCUT2D eigenvalue weighted by Crippen LogP contribution is 2.21. The zero-order valence-electron chi connectivity index (χ0n) is 15.3. The number of amides is 3. The van der Waals surface area contributed by atoms with E-state index >= 15 is 0 Å². The van der Waals surface area contributed by atoms with Gasteiger partial charge in [0.15, 0.2) is 0 Å². The number of halogens is 1. The minimum absolute atomic E-state index is 0.0236. The number of anilines is 1. The van der Waals surface area contributed by atoms with Crippen LogP contribution in [-0.4, -0.2) is 30.6 Å². The van der Waals surface area contributed by atoms with Crippen molar-refractivity contribution in [3.8, 4) is 0 Å². The molecule has 0 aliphatic carbocycles. The number of nitrogens with one attached hydrogen (secondary N) is 2. The standard InChI is InChI=1S/C21H24FN3O2/c1-15(7-8-16-5-3-2-4-6-16)23-21(27)24-18-13-20(26)25(14-18)19-11-9-17(22)10-12-19/h2-6,9-12,15,18H,7-8,13-14H2,1H3,(H2,23,24,27)/t15-,18+/m0/s1. The Kier molecular flexibility index (Phi) is 6.06. The fraction of sp³-hybridized carbons (Fsp3) is 0.333. The number of rotatable bonds is 6. The van der Waals surface area contributed by atoms with E-state index in [1.165, 1.54) is 17.7 Å². The maximum atomic E-state index is 13.0. The number of urea groups is 1. The molecule has 0 bridgehead atoms. The second-order valence-electron chi connectivity index (χ2n) is 6.92. The van der Waals surface area contributed by atoms with Gasteiger partial charge < -0.3 is 15.5 Å². The van der Waals surface area contributed by atoms with Gasteiger partial charge in [-0.05, 0) is 49.6 Å². The summed E-state index contributed by atoms with van der Waals surface area (Å²) in [5.74, 6) is -0.423. The molecule has 27 heavy (non-hydrogen) atoms. The number of nitrogens with zero attached hydrogens (tertiary/aromatic N) is 1. The number of hydrogen-bond donors (Lipinski definition) is 2. The van der Waals surface area contributed by atoms with E-state index in [2.05, 4.69) is 22.8 Å². The van der Waals surface area contributed by atoms with E-state index in [-0.39, 0.29) is 36.3 Å². The van der Waals surface area contributed by atoms with Gasteiger partial charge in [0, 0.05) is 24.7 Å². The first-order valence-electron chi connectivity index (χ1n) is 9.18. The van der Waals surface area contributed by atoms with E-state index in [9.17, 15) is 14.0 Å². The maximum Gasteiger partial charge on any atom is 0.315 e. The first-order valence-corrected chi connectivity index (χ1v) is 9.18. The lowest BCUT2D eigenvalue weighted by Gasteiger charge is -2.19. The molecular weight excluding hydrogens is 345 g/mol. The topological polar surface area (TPSA) is 61.4 Å². The highest BCUT2D eigenvalue weighted by molar-refractivity contribution is 5.96. The SMILES string of the molecule is C[C@@H](CCc1ccccc1)NC(=O)N[C@@H]1CC(=O)N(c2ccc(F)cc2)C1. The van der Waals surface area contributed by atoms with E-state index in [1.807, 2.05) is 25.1 Å². The number of aryl methyl sites for hydroxylation is 1. The van der Waals surface area contributed by atoms with E-state index in [0.717, 1.165) is 12.8 Å². The summed E-state index contributed by atoms with van der Waals surface area (Å²) in [6, 6.07) is 15.4. The molecule has 5 nitrogen and oxygen atoms in total. The molecule has 142 valence electrons. The summed E-state index contributed by atoms with van der Waals surface area (Å²) < 4.78 is 13.0. The van der Waals surface area contributed by atoms with Crippen molar-refractivity contribution in [3.05, 3.63) is 66.0 Å². The second kappa shape index (κ2) is 8.66. The van der Waals surface area contributed by atoms with Gasteiger partial charge in [-0.1, -0.05) is 30.3 Å².